The van der Waals surface area contributed by atoms with Gasteiger partial charge in [0.25, 0.3) is 0 Å². The van der Waals surface area contributed by atoms with E-state index < -0.39 is 0 Å². The maximum Gasteiger partial charge on any atom is 0.0931 e. The second kappa shape index (κ2) is 7.70. The molecule has 0 bridgehead atoms. The zero-order valence-corrected chi connectivity index (χ0v) is 14.5. The van der Waals surface area contributed by atoms with Crippen molar-refractivity contribution < 1.29 is 0 Å². The van der Waals surface area contributed by atoms with Crippen LogP contribution >= 0.6 is 50.6 Å². The average Bonchev–Trinajstić information content (AvgIpc) is 2.83. The Hall–Kier alpha value is -0.0000000000000000278. The van der Waals surface area contributed by atoms with Gasteiger partial charge in [0.05, 0.1) is 10.4 Å². The molecule has 1 unspecified atom stereocenters. The van der Waals surface area contributed by atoms with E-state index in [1.54, 1.807) is 11.3 Å². The summed E-state index contributed by atoms with van der Waals surface area (Å²) >= 11 is 13.0. The molecule has 0 saturated carbocycles. The second-order valence-electron chi connectivity index (χ2n) is 4.02. The van der Waals surface area contributed by atoms with Crippen LogP contribution < -0.4 is 5.32 Å². The highest BCUT2D eigenvalue weighted by Gasteiger charge is 2.13. The molecule has 2 aromatic rings. The summed E-state index contributed by atoms with van der Waals surface area (Å²) in [5, 5.41) is 3.52. The molecule has 1 nitrogen and oxygen atoms in total. The third-order valence-electron chi connectivity index (χ3n) is 2.62. The van der Waals surface area contributed by atoms with E-state index in [9.17, 15) is 0 Å². The Morgan fingerprint density at radius 1 is 1.26 bits per heavy atom. The fourth-order valence-electron chi connectivity index (χ4n) is 1.71. The standard InChI is InChI=1S/C14H15BrClNS2/c1-2-17-12(13-7-8-14(16)19-13)9-18-11-5-3-10(15)4-6-11/h3-8,12,17H,2,9H2,1H3. The molecule has 0 saturated heterocycles. The zero-order valence-electron chi connectivity index (χ0n) is 10.5. The lowest BCUT2D eigenvalue weighted by Crippen LogP contribution is -2.21. The average molecular weight is 377 g/mol. The van der Waals surface area contributed by atoms with Crippen LogP contribution in [0.1, 0.15) is 17.8 Å². The highest BCUT2D eigenvalue weighted by molar-refractivity contribution is 9.10. The number of thiophene rings is 1. The molecule has 5 heteroatoms. The SMILES string of the molecule is CCNC(CSc1ccc(Br)cc1)c1ccc(Cl)s1. The predicted molar refractivity (Wildman–Crippen MR) is 90.6 cm³/mol. The Morgan fingerprint density at radius 2 is 2.00 bits per heavy atom. The topological polar surface area (TPSA) is 12.0 Å². The van der Waals surface area contributed by atoms with Crippen molar-refractivity contribution in [2.45, 2.75) is 17.9 Å². The number of hydrogen-bond donors (Lipinski definition) is 1. The van der Waals surface area contributed by atoms with E-state index in [4.69, 9.17) is 11.6 Å². The number of nitrogens with one attached hydrogen (secondary N) is 1. The van der Waals surface area contributed by atoms with Gasteiger partial charge in [-0.25, -0.2) is 0 Å². The van der Waals surface area contributed by atoms with E-state index in [0.29, 0.717) is 6.04 Å². The minimum atomic E-state index is 0.358. The van der Waals surface area contributed by atoms with Gasteiger partial charge in [0.1, 0.15) is 0 Å². The molecule has 19 heavy (non-hydrogen) atoms. The van der Waals surface area contributed by atoms with Crippen LogP contribution in [-0.2, 0) is 0 Å². The number of hydrogen-bond acceptors (Lipinski definition) is 3. The van der Waals surface area contributed by atoms with Crippen LogP contribution in [-0.4, -0.2) is 12.3 Å². The summed E-state index contributed by atoms with van der Waals surface area (Å²) in [6.07, 6.45) is 0. The largest absolute Gasteiger partial charge is 0.309 e. The molecule has 2 rings (SSSR count). The molecule has 1 aromatic heterocycles. The van der Waals surface area contributed by atoms with Gasteiger partial charge in [0, 0.05) is 20.0 Å². The predicted octanol–water partition coefficient (Wildman–Crippen LogP) is 5.61. The highest BCUT2D eigenvalue weighted by atomic mass is 79.9. The summed E-state index contributed by atoms with van der Waals surface area (Å²) in [4.78, 5) is 2.59. The van der Waals surface area contributed by atoms with Gasteiger partial charge < -0.3 is 5.32 Å². The highest BCUT2D eigenvalue weighted by Crippen LogP contribution is 2.31. The first-order valence-electron chi connectivity index (χ1n) is 6.06. The lowest BCUT2D eigenvalue weighted by molar-refractivity contribution is 0.615. The summed E-state index contributed by atoms with van der Waals surface area (Å²) < 4.78 is 1.97. The van der Waals surface area contributed by atoms with Crippen LogP contribution in [0.4, 0.5) is 0 Å². The van der Waals surface area contributed by atoms with Crippen LogP contribution in [0.15, 0.2) is 45.8 Å². The summed E-state index contributed by atoms with van der Waals surface area (Å²) in [5.74, 6) is 1.01. The minimum absolute atomic E-state index is 0.358. The van der Waals surface area contributed by atoms with Gasteiger partial charge in [0.2, 0.25) is 0 Å². The van der Waals surface area contributed by atoms with Crippen LogP contribution in [0.25, 0.3) is 0 Å². The number of halogens is 2. The summed E-state index contributed by atoms with van der Waals surface area (Å²) in [6.45, 7) is 3.09. The van der Waals surface area contributed by atoms with E-state index in [-0.39, 0.29) is 0 Å². The molecule has 102 valence electrons. The molecule has 0 aliphatic carbocycles. The molecule has 0 aliphatic rings. The Kier molecular flexibility index (Phi) is 6.23. The molecule has 0 fully saturated rings. The van der Waals surface area contributed by atoms with Crippen molar-refractivity contribution in [3.63, 3.8) is 0 Å². The van der Waals surface area contributed by atoms with Crippen molar-refractivity contribution in [2.24, 2.45) is 0 Å². The van der Waals surface area contributed by atoms with Gasteiger partial charge in [-0.3, -0.25) is 0 Å². The van der Waals surface area contributed by atoms with Crippen molar-refractivity contribution in [3.8, 4) is 0 Å². The van der Waals surface area contributed by atoms with Crippen LogP contribution in [0.5, 0.6) is 0 Å². The first-order valence-corrected chi connectivity index (χ1v) is 9.03. The maximum absolute atomic E-state index is 6.02. The normalized spacial score (nSPS) is 12.6. The first-order chi connectivity index (χ1) is 9.19. The van der Waals surface area contributed by atoms with Gasteiger partial charge in [0.15, 0.2) is 0 Å². The molecular formula is C14H15BrClNS2. The maximum atomic E-state index is 6.02. The van der Waals surface area contributed by atoms with Gasteiger partial charge in [-0.15, -0.1) is 23.1 Å². The van der Waals surface area contributed by atoms with Gasteiger partial charge in [-0.1, -0.05) is 34.5 Å². The minimum Gasteiger partial charge on any atom is -0.309 e. The Labute approximate surface area is 135 Å². The molecule has 0 radical (unpaired) electrons. The van der Waals surface area contributed by atoms with E-state index in [0.717, 1.165) is 21.1 Å². The van der Waals surface area contributed by atoms with Crippen LogP contribution in [0, 0.1) is 0 Å². The number of benzene rings is 1. The van der Waals surface area contributed by atoms with Crippen molar-refractivity contribution in [1.29, 1.82) is 0 Å². The molecule has 0 amide bonds. The van der Waals surface area contributed by atoms with E-state index in [1.165, 1.54) is 9.77 Å². The molecule has 0 aliphatic heterocycles. The molecule has 1 atom stereocenters. The number of thioether (sulfide) groups is 1. The van der Waals surface area contributed by atoms with Crippen LogP contribution in [0.3, 0.4) is 0 Å². The van der Waals surface area contributed by atoms with Crippen molar-refractivity contribution >= 4 is 50.6 Å². The first kappa shape index (κ1) is 15.4. The summed E-state index contributed by atoms with van der Waals surface area (Å²) in [7, 11) is 0. The third kappa shape index (κ3) is 4.80. The van der Waals surface area contributed by atoms with Crippen molar-refractivity contribution in [2.75, 3.05) is 12.3 Å². The summed E-state index contributed by atoms with van der Waals surface area (Å²) in [6, 6.07) is 12.9. The van der Waals surface area contributed by atoms with Gasteiger partial charge in [-0.05, 0) is 42.9 Å². The van der Waals surface area contributed by atoms with E-state index >= 15 is 0 Å². The Bertz CT molecular complexity index is 512. The summed E-state index contributed by atoms with van der Waals surface area (Å²) in [5.41, 5.74) is 0. The lowest BCUT2D eigenvalue weighted by Gasteiger charge is -2.16. The monoisotopic (exact) mass is 375 g/mol. The Morgan fingerprint density at radius 3 is 2.58 bits per heavy atom. The second-order valence-corrected chi connectivity index (χ2v) is 7.77. The van der Waals surface area contributed by atoms with Crippen molar-refractivity contribution in [1.82, 2.24) is 5.32 Å². The smallest absolute Gasteiger partial charge is 0.0931 e. The molecular weight excluding hydrogens is 362 g/mol. The quantitative estimate of drug-likeness (QED) is 0.658. The van der Waals surface area contributed by atoms with E-state index in [2.05, 4.69) is 58.5 Å². The van der Waals surface area contributed by atoms with Gasteiger partial charge >= 0.3 is 0 Å². The zero-order chi connectivity index (χ0) is 13.7. The molecule has 0 spiro atoms. The van der Waals surface area contributed by atoms with Crippen LogP contribution in [0.2, 0.25) is 4.34 Å². The molecule has 1 aromatic carbocycles. The number of rotatable bonds is 6. The third-order valence-corrected chi connectivity index (χ3v) is 5.60. The van der Waals surface area contributed by atoms with Crippen molar-refractivity contribution in [3.05, 3.63) is 50.1 Å². The van der Waals surface area contributed by atoms with E-state index in [1.807, 2.05) is 17.8 Å². The lowest BCUT2D eigenvalue weighted by atomic mass is 10.3. The fraction of sp³-hybridized carbons (Fsp3) is 0.286. The molecule has 1 heterocycles. The Balaban J connectivity index is 1.99. The fourth-order valence-corrected chi connectivity index (χ4v) is 4.21. The van der Waals surface area contributed by atoms with Gasteiger partial charge in [-0.2, -0.15) is 0 Å². The molecule has 1 N–H and O–H groups in total.